The van der Waals surface area contributed by atoms with Gasteiger partial charge in [-0.3, -0.25) is 0 Å². The van der Waals surface area contributed by atoms with Crippen LogP contribution < -0.4 is 10.1 Å². The summed E-state index contributed by atoms with van der Waals surface area (Å²) in [6, 6.07) is 4.03. The van der Waals surface area contributed by atoms with Crippen LogP contribution in [0.4, 0.5) is 0 Å². The van der Waals surface area contributed by atoms with Crippen LogP contribution in [0.5, 0.6) is 5.88 Å². The molecule has 1 aromatic heterocycles. The lowest BCUT2D eigenvalue weighted by Crippen LogP contribution is -2.28. The molecule has 4 nitrogen and oxygen atoms in total. The average molecular weight is 265 g/mol. The predicted octanol–water partition coefficient (Wildman–Crippen LogP) is 2.30. The minimum Gasteiger partial charge on any atom is -0.476 e. The molecule has 0 bridgehead atoms. The van der Waals surface area contributed by atoms with E-state index < -0.39 is 0 Å². The molecule has 4 heteroatoms. The molecule has 0 aliphatic carbocycles. The van der Waals surface area contributed by atoms with Gasteiger partial charge in [0, 0.05) is 24.8 Å². The highest BCUT2D eigenvalue weighted by Crippen LogP contribution is 2.13. The van der Waals surface area contributed by atoms with Gasteiger partial charge in [-0.15, -0.1) is 0 Å². The molecule has 0 amide bonds. The summed E-state index contributed by atoms with van der Waals surface area (Å²) in [4.78, 5) is 6.67. The number of likely N-dealkylation sites (N-methyl/N-ethyl adjacent to an activating group) is 1. The lowest BCUT2D eigenvalue weighted by Gasteiger charge is -2.18. The molecular formula is C15H27N3O. The van der Waals surface area contributed by atoms with Crippen LogP contribution in [0, 0.1) is 0 Å². The fourth-order valence-corrected chi connectivity index (χ4v) is 1.90. The van der Waals surface area contributed by atoms with Crippen LogP contribution in [0.1, 0.15) is 32.8 Å². The summed E-state index contributed by atoms with van der Waals surface area (Å²) < 4.78 is 5.81. The number of rotatable bonds is 10. The second-order valence-electron chi connectivity index (χ2n) is 4.52. The van der Waals surface area contributed by atoms with E-state index in [9.17, 15) is 0 Å². The first kappa shape index (κ1) is 15.9. The standard InChI is InChI=1S/C15H27N3O/c1-4-9-16-13-14-8-7-10-17-15(14)19-12-11-18(5-2)6-3/h7-8,10,16H,4-6,9,11-13H2,1-3H3. The molecule has 1 N–H and O–H groups in total. The van der Waals surface area contributed by atoms with E-state index in [4.69, 9.17) is 4.74 Å². The molecule has 1 aromatic rings. The highest BCUT2D eigenvalue weighted by atomic mass is 16.5. The summed E-state index contributed by atoms with van der Waals surface area (Å²) in [5.41, 5.74) is 1.13. The Morgan fingerprint density at radius 3 is 2.74 bits per heavy atom. The third-order valence-corrected chi connectivity index (χ3v) is 3.13. The highest BCUT2D eigenvalue weighted by Gasteiger charge is 2.05. The van der Waals surface area contributed by atoms with Crippen LogP contribution in [-0.2, 0) is 6.54 Å². The Hall–Kier alpha value is -1.13. The second kappa shape index (κ2) is 9.75. The smallest absolute Gasteiger partial charge is 0.217 e. The van der Waals surface area contributed by atoms with Gasteiger partial charge in [-0.25, -0.2) is 4.98 Å². The first-order valence-corrected chi connectivity index (χ1v) is 7.31. The second-order valence-corrected chi connectivity index (χ2v) is 4.52. The molecule has 0 aliphatic heterocycles. The van der Waals surface area contributed by atoms with E-state index >= 15 is 0 Å². The van der Waals surface area contributed by atoms with Crippen molar-refractivity contribution in [1.29, 1.82) is 0 Å². The third kappa shape index (κ3) is 6.03. The number of ether oxygens (including phenoxy) is 1. The highest BCUT2D eigenvalue weighted by molar-refractivity contribution is 5.25. The van der Waals surface area contributed by atoms with Crippen molar-refractivity contribution in [3.05, 3.63) is 23.9 Å². The summed E-state index contributed by atoms with van der Waals surface area (Å²) in [6.45, 7) is 12.1. The first-order valence-electron chi connectivity index (χ1n) is 7.31. The van der Waals surface area contributed by atoms with Crippen molar-refractivity contribution >= 4 is 0 Å². The zero-order valence-corrected chi connectivity index (χ0v) is 12.5. The number of nitrogens with one attached hydrogen (secondary N) is 1. The average Bonchev–Trinajstić information content (AvgIpc) is 2.45. The van der Waals surface area contributed by atoms with E-state index in [1.54, 1.807) is 6.20 Å². The quantitative estimate of drug-likeness (QED) is 0.659. The van der Waals surface area contributed by atoms with Crippen molar-refractivity contribution in [3.63, 3.8) is 0 Å². The Labute approximate surface area is 117 Å². The number of pyridine rings is 1. The van der Waals surface area contributed by atoms with E-state index in [1.165, 1.54) is 0 Å². The minimum atomic E-state index is 0.694. The van der Waals surface area contributed by atoms with E-state index in [2.05, 4.69) is 42.0 Å². The van der Waals surface area contributed by atoms with E-state index in [-0.39, 0.29) is 0 Å². The van der Waals surface area contributed by atoms with Gasteiger partial charge in [-0.2, -0.15) is 0 Å². The molecule has 0 radical (unpaired) electrons. The third-order valence-electron chi connectivity index (χ3n) is 3.13. The largest absolute Gasteiger partial charge is 0.476 e. The van der Waals surface area contributed by atoms with E-state index in [0.29, 0.717) is 6.61 Å². The number of hydrogen-bond acceptors (Lipinski definition) is 4. The van der Waals surface area contributed by atoms with Crippen LogP contribution in [0.25, 0.3) is 0 Å². The fraction of sp³-hybridized carbons (Fsp3) is 0.667. The van der Waals surface area contributed by atoms with Crippen molar-refractivity contribution < 1.29 is 4.74 Å². The number of aromatic nitrogens is 1. The summed E-state index contributed by atoms with van der Waals surface area (Å²) in [7, 11) is 0. The van der Waals surface area contributed by atoms with Gasteiger partial charge >= 0.3 is 0 Å². The Kier molecular flexibility index (Phi) is 8.18. The van der Waals surface area contributed by atoms with Crippen molar-refractivity contribution in [2.45, 2.75) is 33.7 Å². The summed E-state index contributed by atoms with van der Waals surface area (Å²) in [5.74, 6) is 0.762. The van der Waals surface area contributed by atoms with Gasteiger partial charge in [0.15, 0.2) is 0 Å². The maximum atomic E-state index is 5.81. The molecular weight excluding hydrogens is 238 g/mol. The van der Waals surface area contributed by atoms with Gasteiger partial charge < -0.3 is 15.0 Å². The van der Waals surface area contributed by atoms with Gasteiger partial charge in [0.05, 0.1) is 0 Å². The van der Waals surface area contributed by atoms with Gasteiger partial charge in [0.1, 0.15) is 6.61 Å². The molecule has 1 heterocycles. The molecule has 0 fully saturated rings. The molecule has 0 saturated heterocycles. The topological polar surface area (TPSA) is 37.4 Å². The van der Waals surface area contributed by atoms with E-state index in [0.717, 1.165) is 50.6 Å². The zero-order valence-electron chi connectivity index (χ0n) is 12.5. The van der Waals surface area contributed by atoms with E-state index in [1.807, 2.05) is 6.07 Å². The number of hydrogen-bond donors (Lipinski definition) is 1. The van der Waals surface area contributed by atoms with Crippen molar-refractivity contribution in [3.8, 4) is 5.88 Å². The van der Waals surface area contributed by atoms with Crippen molar-refractivity contribution in [2.75, 3.05) is 32.8 Å². The Morgan fingerprint density at radius 2 is 2.05 bits per heavy atom. The molecule has 1 rings (SSSR count). The normalized spacial score (nSPS) is 10.9. The molecule has 19 heavy (non-hydrogen) atoms. The molecule has 108 valence electrons. The molecule has 0 atom stereocenters. The van der Waals surface area contributed by atoms with Crippen molar-refractivity contribution in [2.24, 2.45) is 0 Å². The Bertz CT molecular complexity index is 340. The Balaban J connectivity index is 2.43. The minimum absolute atomic E-state index is 0.694. The fourth-order valence-electron chi connectivity index (χ4n) is 1.90. The summed E-state index contributed by atoms with van der Waals surface area (Å²) in [5, 5.41) is 3.38. The summed E-state index contributed by atoms with van der Waals surface area (Å²) in [6.07, 6.45) is 2.93. The SMILES string of the molecule is CCCNCc1cccnc1OCCN(CC)CC. The molecule has 0 unspecified atom stereocenters. The van der Waals surface area contributed by atoms with Gasteiger partial charge in [0.25, 0.3) is 0 Å². The van der Waals surface area contributed by atoms with Gasteiger partial charge in [-0.05, 0) is 32.1 Å². The monoisotopic (exact) mass is 265 g/mol. The van der Waals surface area contributed by atoms with Crippen LogP contribution in [-0.4, -0.2) is 42.7 Å². The molecule has 0 aliphatic rings. The van der Waals surface area contributed by atoms with Crippen LogP contribution in [0.2, 0.25) is 0 Å². The van der Waals surface area contributed by atoms with Crippen LogP contribution in [0.15, 0.2) is 18.3 Å². The lowest BCUT2D eigenvalue weighted by atomic mass is 10.2. The number of nitrogens with zero attached hydrogens (tertiary/aromatic N) is 2. The first-order chi connectivity index (χ1) is 9.31. The van der Waals surface area contributed by atoms with Crippen LogP contribution in [0.3, 0.4) is 0 Å². The maximum absolute atomic E-state index is 5.81. The molecule has 0 saturated carbocycles. The van der Waals surface area contributed by atoms with Crippen LogP contribution >= 0.6 is 0 Å². The van der Waals surface area contributed by atoms with Crippen molar-refractivity contribution in [1.82, 2.24) is 15.2 Å². The van der Waals surface area contributed by atoms with Gasteiger partial charge in [0.2, 0.25) is 5.88 Å². The lowest BCUT2D eigenvalue weighted by molar-refractivity contribution is 0.216. The summed E-state index contributed by atoms with van der Waals surface area (Å²) >= 11 is 0. The zero-order chi connectivity index (χ0) is 13.9. The Morgan fingerprint density at radius 1 is 1.26 bits per heavy atom. The van der Waals surface area contributed by atoms with Gasteiger partial charge in [-0.1, -0.05) is 26.8 Å². The molecule has 0 aromatic carbocycles. The molecule has 0 spiro atoms. The predicted molar refractivity (Wildman–Crippen MR) is 79.5 cm³/mol. The maximum Gasteiger partial charge on any atom is 0.217 e.